The van der Waals surface area contributed by atoms with Gasteiger partial charge in [-0.1, -0.05) is 0 Å². The van der Waals surface area contributed by atoms with Gasteiger partial charge in [0.25, 0.3) is 0 Å². The van der Waals surface area contributed by atoms with Gasteiger partial charge in [0.15, 0.2) is 11.0 Å². The lowest BCUT2D eigenvalue weighted by Crippen LogP contribution is -2.43. The molecule has 1 atom stereocenters. The average Bonchev–Trinajstić information content (AvgIpc) is 2.88. The van der Waals surface area contributed by atoms with Gasteiger partial charge in [-0.3, -0.25) is 0 Å². The molecule has 0 saturated carbocycles. The van der Waals surface area contributed by atoms with Crippen molar-refractivity contribution in [2.24, 2.45) is 0 Å². The van der Waals surface area contributed by atoms with E-state index in [1.165, 1.54) is 0 Å². The molecule has 0 amide bonds. The number of nitrogens with one attached hydrogen (secondary N) is 1. The van der Waals surface area contributed by atoms with Crippen molar-refractivity contribution in [2.45, 2.75) is 6.10 Å². The van der Waals surface area contributed by atoms with Crippen LogP contribution in [0.5, 0.6) is 0 Å². The standard InChI is InChI=1S/C12H17N5O2/c1-17-4-5-18-8(7-17)6-14-10-3-2-9(13)11-12(10)16-19-15-11/h2-3,8,14H,4-7,13H2,1H3. The third kappa shape index (κ3) is 2.47. The number of ether oxygens (including phenoxy) is 1. The Balaban J connectivity index is 1.71. The van der Waals surface area contributed by atoms with Gasteiger partial charge in [0.05, 0.1) is 24.1 Å². The van der Waals surface area contributed by atoms with Crippen molar-refractivity contribution in [1.29, 1.82) is 0 Å². The lowest BCUT2D eigenvalue weighted by Gasteiger charge is -2.30. The normalized spacial score (nSPS) is 20.8. The minimum absolute atomic E-state index is 0.172. The van der Waals surface area contributed by atoms with Crippen LogP contribution in [0, 0.1) is 0 Å². The van der Waals surface area contributed by atoms with Crippen molar-refractivity contribution in [2.75, 3.05) is 44.3 Å². The molecule has 2 aromatic rings. The molecule has 0 bridgehead atoms. The van der Waals surface area contributed by atoms with Gasteiger partial charge in [0.1, 0.15) is 0 Å². The van der Waals surface area contributed by atoms with E-state index in [-0.39, 0.29) is 6.10 Å². The van der Waals surface area contributed by atoms with E-state index in [1.54, 1.807) is 6.07 Å². The van der Waals surface area contributed by atoms with Crippen molar-refractivity contribution in [1.82, 2.24) is 15.2 Å². The summed E-state index contributed by atoms with van der Waals surface area (Å²) in [4.78, 5) is 2.26. The molecule has 1 aliphatic rings. The molecule has 0 spiro atoms. The molecule has 0 radical (unpaired) electrons. The van der Waals surface area contributed by atoms with E-state index in [0.29, 0.717) is 16.7 Å². The van der Waals surface area contributed by atoms with Gasteiger partial charge in [-0.15, -0.1) is 0 Å². The molecule has 1 saturated heterocycles. The summed E-state index contributed by atoms with van der Waals surface area (Å²) in [7, 11) is 2.10. The summed E-state index contributed by atoms with van der Waals surface area (Å²) in [5, 5.41) is 11.0. The maximum Gasteiger partial charge on any atom is 0.160 e. The molecular formula is C12H17N5O2. The Hall–Kier alpha value is -1.86. The van der Waals surface area contributed by atoms with Crippen LogP contribution in [-0.2, 0) is 4.74 Å². The second kappa shape index (κ2) is 5.02. The van der Waals surface area contributed by atoms with Crippen LogP contribution in [0.3, 0.4) is 0 Å². The number of aromatic nitrogens is 2. The first kappa shape index (κ1) is 12.2. The molecule has 0 aliphatic carbocycles. The molecule has 102 valence electrons. The highest BCUT2D eigenvalue weighted by Crippen LogP contribution is 2.25. The fraction of sp³-hybridized carbons (Fsp3) is 0.500. The largest absolute Gasteiger partial charge is 0.397 e. The van der Waals surface area contributed by atoms with Crippen LogP contribution in [0.1, 0.15) is 0 Å². The van der Waals surface area contributed by atoms with E-state index in [1.807, 2.05) is 6.07 Å². The third-order valence-corrected chi connectivity index (χ3v) is 3.31. The maximum atomic E-state index is 5.81. The number of morpholine rings is 1. The van der Waals surface area contributed by atoms with Crippen LogP contribution in [0.2, 0.25) is 0 Å². The van der Waals surface area contributed by atoms with Crippen LogP contribution in [0.25, 0.3) is 11.0 Å². The molecule has 1 aliphatic heterocycles. The van der Waals surface area contributed by atoms with E-state index in [2.05, 4.69) is 27.6 Å². The Kier molecular flexibility index (Phi) is 3.22. The number of nitrogens with two attached hydrogens (primary N) is 1. The van der Waals surface area contributed by atoms with Crippen LogP contribution < -0.4 is 11.1 Å². The number of rotatable bonds is 3. The van der Waals surface area contributed by atoms with E-state index in [9.17, 15) is 0 Å². The quantitative estimate of drug-likeness (QED) is 0.781. The highest BCUT2D eigenvalue weighted by molar-refractivity contribution is 5.94. The minimum Gasteiger partial charge on any atom is -0.397 e. The number of anilines is 2. The molecule has 19 heavy (non-hydrogen) atoms. The number of nitrogens with zero attached hydrogens (tertiary/aromatic N) is 3. The number of fused-ring (bicyclic) bond motifs is 1. The summed E-state index contributed by atoms with van der Waals surface area (Å²) in [6, 6.07) is 3.68. The van der Waals surface area contributed by atoms with Crippen molar-refractivity contribution in [3.05, 3.63) is 12.1 Å². The van der Waals surface area contributed by atoms with Crippen molar-refractivity contribution in [3.63, 3.8) is 0 Å². The number of hydrogen-bond donors (Lipinski definition) is 2. The van der Waals surface area contributed by atoms with Crippen LogP contribution >= 0.6 is 0 Å². The Morgan fingerprint density at radius 2 is 2.26 bits per heavy atom. The van der Waals surface area contributed by atoms with Crippen LogP contribution in [-0.4, -0.2) is 54.6 Å². The van der Waals surface area contributed by atoms with Gasteiger partial charge in [-0.25, -0.2) is 4.63 Å². The summed E-state index contributed by atoms with van der Waals surface area (Å²) >= 11 is 0. The van der Waals surface area contributed by atoms with Gasteiger partial charge in [-0.05, 0) is 29.5 Å². The summed E-state index contributed by atoms with van der Waals surface area (Å²) in [5.74, 6) is 0. The Labute approximate surface area is 110 Å². The zero-order chi connectivity index (χ0) is 13.2. The highest BCUT2D eigenvalue weighted by atomic mass is 16.6. The Bertz CT molecular complexity index is 570. The molecule has 7 heteroatoms. The molecule has 7 nitrogen and oxygen atoms in total. The first-order valence-electron chi connectivity index (χ1n) is 6.29. The second-order valence-corrected chi connectivity index (χ2v) is 4.80. The van der Waals surface area contributed by atoms with Crippen LogP contribution in [0.4, 0.5) is 11.4 Å². The Morgan fingerprint density at radius 3 is 3.11 bits per heavy atom. The zero-order valence-electron chi connectivity index (χ0n) is 10.8. The molecule has 1 aromatic carbocycles. The lowest BCUT2D eigenvalue weighted by molar-refractivity contribution is -0.0117. The molecule has 2 heterocycles. The van der Waals surface area contributed by atoms with Gasteiger partial charge in [-0.2, -0.15) is 0 Å². The fourth-order valence-electron chi connectivity index (χ4n) is 2.24. The van der Waals surface area contributed by atoms with Gasteiger partial charge < -0.3 is 20.7 Å². The van der Waals surface area contributed by atoms with Gasteiger partial charge in [0.2, 0.25) is 0 Å². The van der Waals surface area contributed by atoms with Crippen molar-refractivity contribution < 1.29 is 9.37 Å². The molecule has 1 fully saturated rings. The first-order valence-corrected chi connectivity index (χ1v) is 6.29. The maximum absolute atomic E-state index is 5.81. The summed E-state index contributed by atoms with van der Waals surface area (Å²) in [6.45, 7) is 3.39. The molecule has 1 unspecified atom stereocenters. The predicted octanol–water partition coefficient (Wildman–Crippen LogP) is 0.547. The summed E-state index contributed by atoms with van der Waals surface area (Å²) in [6.07, 6.45) is 0.172. The lowest BCUT2D eigenvalue weighted by atomic mass is 10.2. The third-order valence-electron chi connectivity index (χ3n) is 3.31. The fourth-order valence-corrected chi connectivity index (χ4v) is 2.24. The van der Waals surface area contributed by atoms with Crippen LogP contribution in [0.15, 0.2) is 16.8 Å². The zero-order valence-corrected chi connectivity index (χ0v) is 10.8. The Morgan fingerprint density at radius 1 is 1.42 bits per heavy atom. The van der Waals surface area contributed by atoms with E-state index >= 15 is 0 Å². The number of hydrogen-bond acceptors (Lipinski definition) is 7. The molecule has 1 aromatic heterocycles. The van der Waals surface area contributed by atoms with Crippen molar-refractivity contribution in [3.8, 4) is 0 Å². The smallest absolute Gasteiger partial charge is 0.160 e. The number of likely N-dealkylation sites (N-methyl/N-ethyl adjacent to an activating group) is 1. The average molecular weight is 263 g/mol. The number of benzene rings is 1. The molecule has 3 rings (SSSR count). The number of nitrogen functional groups attached to an aromatic ring is 1. The topological polar surface area (TPSA) is 89.4 Å². The summed E-state index contributed by atoms with van der Waals surface area (Å²) < 4.78 is 10.4. The molecular weight excluding hydrogens is 246 g/mol. The molecule has 3 N–H and O–H groups in total. The first-order chi connectivity index (χ1) is 9.24. The van der Waals surface area contributed by atoms with E-state index in [4.69, 9.17) is 15.1 Å². The summed E-state index contributed by atoms with van der Waals surface area (Å²) in [5.41, 5.74) is 8.48. The second-order valence-electron chi connectivity index (χ2n) is 4.80. The monoisotopic (exact) mass is 263 g/mol. The van der Waals surface area contributed by atoms with E-state index in [0.717, 1.165) is 31.9 Å². The van der Waals surface area contributed by atoms with E-state index < -0.39 is 0 Å². The van der Waals surface area contributed by atoms with Gasteiger partial charge in [0, 0.05) is 19.6 Å². The minimum atomic E-state index is 0.172. The van der Waals surface area contributed by atoms with Gasteiger partial charge >= 0.3 is 0 Å². The highest BCUT2D eigenvalue weighted by Gasteiger charge is 2.18. The predicted molar refractivity (Wildman–Crippen MR) is 71.9 cm³/mol. The SMILES string of the molecule is CN1CCOC(CNc2ccc(N)c3nonc23)C1. The van der Waals surface area contributed by atoms with Crippen molar-refractivity contribution >= 4 is 22.4 Å².